The molecule has 1 rings (SSSR count). The maximum absolute atomic E-state index is 5.47. The summed E-state index contributed by atoms with van der Waals surface area (Å²) in [5.41, 5.74) is 0. The summed E-state index contributed by atoms with van der Waals surface area (Å²) >= 11 is 1.84. The third-order valence-electron chi connectivity index (χ3n) is 2.50. The van der Waals surface area contributed by atoms with E-state index in [0.717, 1.165) is 31.3 Å². The Morgan fingerprint density at radius 3 is 2.94 bits per heavy atom. The number of hydrogen-bond donors (Lipinski definition) is 1. The molecule has 1 fully saturated rings. The van der Waals surface area contributed by atoms with Crippen LogP contribution >= 0.6 is 11.8 Å². The van der Waals surface area contributed by atoms with Crippen LogP contribution in [0.1, 0.15) is 40.0 Å². The lowest BCUT2D eigenvalue weighted by molar-refractivity contribution is 0.139. The van der Waals surface area contributed by atoms with Gasteiger partial charge in [0.15, 0.2) is 5.17 Å². The molecule has 0 amide bonds. The predicted octanol–water partition coefficient (Wildman–Crippen LogP) is 2.66. The van der Waals surface area contributed by atoms with Crippen LogP contribution in [0.3, 0.4) is 0 Å². The lowest BCUT2D eigenvalue weighted by Crippen LogP contribution is -2.38. The minimum atomic E-state index is 0.552. The molecule has 2 atom stereocenters. The van der Waals surface area contributed by atoms with Crippen LogP contribution < -0.4 is 5.32 Å². The third kappa shape index (κ3) is 5.75. The fourth-order valence-electron chi connectivity index (χ4n) is 1.68. The number of amidine groups is 1. The summed E-state index contributed by atoms with van der Waals surface area (Å²) in [5, 5.41) is 5.17. The average Bonchev–Trinajstić information content (AvgIpc) is 2.22. The van der Waals surface area contributed by atoms with E-state index in [4.69, 9.17) is 4.74 Å². The summed E-state index contributed by atoms with van der Waals surface area (Å²) in [4.78, 5) is 4.53. The van der Waals surface area contributed by atoms with E-state index in [9.17, 15) is 0 Å². The van der Waals surface area contributed by atoms with Gasteiger partial charge in [-0.15, -0.1) is 0 Å². The molecule has 16 heavy (non-hydrogen) atoms. The Bertz CT molecular complexity index is 209. The van der Waals surface area contributed by atoms with E-state index in [1.807, 2.05) is 11.8 Å². The Kier molecular flexibility index (Phi) is 6.88. The number of aliphatic imine (C=N–C) groups is 1. The van der Waals surface area contributed by atoms with Gasteiger partial charge in [0.05, 0.1) is 13.2 Å². The molecule has 94 valence electrons. The Balaban J connectivity index is 2.13. The number of thioether (sulfide) groups is 1. The van der Waals surface area contributed by atoms with Crippen molar-refractivity contribution >= 4 is 16.9 Å². The smallest absolute Gasteiger partial charge is 0.157 e. The summed E-state index contributed by atoms with van der Waals surface area (Å²) in [7, 11) is 0. The van der Waals surface area contributed by atoms with E-state index in [-0.39, 0.29) is 0 Å². The molecule has 0 aliphatic carbocycles. The number of ether oxygens (including phenoxy) is 1. The summed E-state index contributed by atoms with van der Waals surface area (Å²) in [5.74, 6) is 0. The molecule has 1 heterocycles. The number of nitrogens with zero attached hydrogens (tertiary/aromatic N) is 1. The standard InChI is InChI=1S/C12H24N2OS/c1-4-5-7-15-8-6-13-12-14-10(2)9-11(3)16-12/h10-11H,4-9H2,1-3H3,(H,13,14). The van der Waals surface area contributed by atoms with E-state index in [1.54, 1.807) is 0 Å². The van der Waals surface area contributed by atoms with Gasteiger partial charge in [-0.1, -0.05) is 32.0 Å². The van der Waals surface area contributed by atoms with Gasteiger partial charge < -0.3 is 10.1 Å². The summed E-state index contributed by atoms with van der Waals surface area (Å²) < 4.78 is 5.47. The largest absolute Gasteiger partial charge is 0.380 e. The molecule has 3 nitrogen and oxygen atoms in total. The third-order valence-corrected chi connectivity index (χ3v) is 3.57. The molecule has 0 aromatic rings. The van der Waals surface area contributed by atoms with Crippen LogP contribution in [0.4, 0.5) is 0 Å². The van der Waals surface area contributed by atoms with Crippen molar-refractivity contribution in [3.05, 3.63) is 0 Å². The Morgan fingerprint density at radius 2 is 2.25 bits per heavy atom. The number of nitrogens with one attached hydrogen (secondary N) is 1. The molecule has 1 N–H and O–H groups in total. The topological polar surface area (TPSA) is 33.6 Å². The van der Waals surface area contributed by atoms with Gasteiger partial charge in [0.25, 0.3) is 0 Å². The Labute approximate surface area is 103 Å². The number of unbranched alkanes of at least 4 members (excludes halogenated alkanes) is 1. The van der Waals surface area contributed by atoms with Crippen LogP contribution in [0.25, 0.3) is 0 Å². The fourth-order valence-corrected chi connectivity index (χ4v) is 2.88. The molecule has 1 aliphatic rings. The van der Waals surface area contributed by atoms with Crippen molar-refractivity contribution in [3.8, 4) is 0 Å². The van der Waals surface area contributed by atoms with Crippen molar-refractivity contribution in [3.63, 3.8) is 0 Å². The van der Waals surface area contributed by atoms with E-state index < -0.39 is 0 Å². The zero-order chi connectivity index (χ0) is 11.8. The first-order valence-corrected chi connectivity index (χ1v) is 7.15. The van der Waals surface area contributed by atoms with Crippen molar-refractivity contribution in [2.75, 3.05) is 19.8 Å². The molecular formula is C12H24N2OS. The Hall–Kier alpha value is -0.220. The highest BCUT2D eigenvalue weighted by Gasteiger charge is 2.19. The highest BCUT2D eigenvalue weighted by Crippen LogP contribution is 2.21. The molecular weight excluding hydrogens is 220 g/mol. The second kappa shape index (κ2) is 7.96. The highest BCUT2D eigenvalue weighted by molar-refractivity contribution is 8.14. The molecule has 0 aromatic carbocycles. The zero-order valence-corrected chi connectivity index (χ0v) is 11.5. The lowest BCUT2D eigenvalue weighted by atomic mass is 10.2. The van der Waals surface area contributed by atoms with Crippen LogP contribution in [0.15, 0.2) is 4.99 Å². The summed E-state index contributed by atoms with van der Waals surface area (Å²) in [6, 6.07) is 0.552. The normalized spacial score (nSPS) is 28.1. The number of rotatable bonds is 6. The molecule has 0 spiro atoms. The first-order valence-electron chi connectivity index (χ1n) is 6.27. The van der Waals surface area contributed by atoms with E-state index in [0.29, 0.717) is 11.3 Å². The highest BCUT2D eigenvalue weighted by atomic mass is 32.2. The van der Waals surface area contributed by atoms with Crippen LogP contribution in [-0.2, 0) is 4.74 Å². The van der Waals surface area contributed by atoms with Gasteiger partial charge >= 0.3 is 0 Å². The lowest BCUT2D eigenvalue weighted by Gasteiger charge is -2.26. The van der Waals surface area contributed by atoms with Crippen molar-refractivity contribution < 1.29 is 4.74 Å². The fraction of sp³-hybridized carbons (Fsp3) is 0.917. The number of hydrogen-bond acceptors (Lipinski definition) is 3. The van der Waals surface area contributed by atoms with Crippen molar-refractivity contribution in [2.24, 2.45) is 4.99 Å². The second-order valence-corrected chi connectivity index (χ2v) is 5.79. The van der Waals surface area contributed by atoms with Crippen LogP contribution in [0.2, 0.25) is 0 Å². The molecule has 0 saturated carbocycles. The van der Waals surface area contributed by atoms with Gasteiger partial charge in [0.2, 0.25) is 0 Å². The SMILES string of the molecule is CCCCOCCN=C1NC(C)CC(C)S1. The average molecular weight is 244 g/mol. The minimum Gasteiger partial charge on any atom is -0.380 e. The minimum absolute atomic E-state index is 0.552. The Morgan fingerprint density at radius 1 is 1.44 bits per heavy atom. The van der Waals surface area contributed by atoms with Crippen molar-refractivity contribution in [2.45, 2.75) is 51.3 Å². The molecule has 2 unspecified atom stereocenters. The first kappa shape index (κ1) is 13.8. The predicted molar refractivity (Wildman–Crippen MR) is 72.3 cm³/mol. The molecule has 0 radical (unpaired) electrons. The zero-order valence-electron chi connectivity index (χ0n) is 10.7. The summed E-state index contributed by atoms with van der Waals surface area (Å²) in [6.45, 7) is 9.04. The molecule has 0 bridgehead atoms. The van der Waals surface area contributed by atoms with Gasteiger partial charge in [0, 0.05) is 17.9 Å². The van der Waals surface area contributed by atoms with E-state index >= 15 is 0 Å². The molecule has 4 heteroatoms. The van der Waals surface area contributed by atoms with Crippen LogP contribution in [0.5, 0.6) is 0 Å². The first-order chi connectivity index (χ1) is 7.72. The van der Waals surface area contributed by atoms with Crippen molar-refractivity contribution in [1.82, 2.24) is 5.32 Å². The summed E-state index contributed by atoms with van der Waals surface area (Å²) in [6.07, 6.45) is 3.56. The van der Waals surface area contributed by atoms with E-state index in [2.05, 4.69) is 31.1 Å². The quantitative estimate of drug-likeness (QED) is 0.729. The van der Waals surface area contributed by atoms with Crippen LogP contribution in [-0.4, -0.2) is 36.2 Å². The van der Waals surface area contributed by atoms with Gasteiger partial charge in [-0.05, 0) is 19.8 Å². The molecule has 0 aromatic heterocycles. The van der Waals surface area contributed by atoms with Crippen LogP contribution in [0, 0.1) is 0 Å². The van der Waals surface area contributed by atoms with E-state index in [1.165, 1.54) is 12.8 Å². The molecule has 1 saturated heterocycles. The van der Waals surface area contributed by atoms with Gasteiger partial charge in [-0.3, -0.25) is 4.99 Å². The van der Waals surface area contributed by atoms with Crippen molar-refractivity contribution in [1.29, 1.82) is 0 Å². The monoisotopic (exact) mass is 244 g/mol. The van der Waals surface area contributed by atoms with Gasteiger partial charge in [-0.25, -0.2) is 0 Å². The second-order valence-electron chi connectivity index (χ2n) is 4.36. The maximum Gasteiger partial charge on any atom is 0.157 e. The maximum atomic E-state index is 5.47. The molecule has 1 aliphatic heterocycles. The van der Waals surface area contributed by atoms with Gasteiger partial charge in [-0.2, -0.15) is 0 Å². The van der Waals surface area contributed by atoms with Gasteiger partial charge in [0.1, 0.15) is 0 Å².